The average Bonchev–Trinajstić information content (AvgIpc) is 2.89. The van der Waals surface area contributed by atoms with Crippen molar-refractivity contribution in [3.63, 3.8) is 0 Å². The zero-order valence-electron chi connectivity index (χ0n) is 10.3. The van der Waals surface area contributed by atoms with E-state index in [0.717, 1.165) is 28.1 Å². The Hall–Kier alpha value is -2.14. The van der Waals surface area contributed by atoms with Gasteiger partial charge in [0.05, 0.1) is 11.4 Å². The van der Waals surface area contributed by atoms with Gasteiger partial charge >= 0.3 is 0 Å². The van der Waals surface area contributed by atoms with Crippen molar-refractivity contribution >= 4 is 11.1 Å². The molecule has 92 valence electrons. The highest BCUT2D eigenvalue weighted by Gasteiger charge is 2.09. The number of benzene rings is 1. The molecule has 0 spiro atoms. The minimum Gasteiger partial charge on any atom is -0.441 e. The van der Waals surface area contributed by atoms with Gasteiger partial charge in [0.1, 0.15) is 5.52 Å². The van der Waals surface area contributed by atoms with Crippen LogP contribution in [0.1, 0.15) is 11.6 Å². The van der Waals surface area contributed by atoms with E-state index in [1.165, 1.54) is 0 Å². The molecule has 3 aromatic rings. The summed E-state index contributed by atoms with van der Waals surface area (Å²) in [6, 6.07) is 7.87. The Morgan fingerprint density at radius 2 is 2.17 bits per heavy atom. The molecule has 0 unspecified atom stereocenters. The maximum atomic E-state index is 5.65. The summed E-state index contributed by atoms with van der Waals surface area (Å²) in [6.45, 7) is 2.32. The number of nitrogens with zero attached hydrogens (tertiary/aromatic N) is 3. The van der Waals surface area contributed by atoms with E-state index in [9.17, 15) is 0 Å². The van der Waals surface area contributed by atoms with Crippen LogP contribution in [0.3, 0.4) is 0 Å². The quantitative estimate of drug-likeness (QED) is 0.746. The Labute approximate surface area is 104 Å². The molecule has 0 atom stereocenters. The molecule has 0 aliphatic carbocycles. The second kappa shape index (κ2) is 3.96. The van der Waals surface area contributed by atoms with E-state index in [1.54, 1.807) is 4.68 Å². The number of hydrogen-bond acceptors (Lipinski definition) is 4. The molecule has 18 heavy (non-hydrogen) atoms. The first-order valence-electron chi connectivity index (χ1n) is 5.78. The number of aromatic nitrogens is 3. The third-order valence-electron chi connectivity index (χ3n) is 2.98. The van der Waals surface area contributed by atoms with Crippen LogP contribution in [0.25, 0.3) is 22.4 Å². The van der Waals surface area contributed by atoms with E-state index in [0.29, 0.717) is 12.4 Å². The number of oxazole rings is 1. The van der Waals surface area contributed by atoms with Gasteiger partial charge in [-0.3, -0.25) is 4.68 Å². The number of rotatable bonds is 2. The van der Waals surface area contributed by atoms with Crippen molar-refractivity contribution in [1.29, 1.82) is 0 Å². The molecule has 0 saturated heterocycles. The number of hydrogen-bond donors (Lipinski definition) is 1. The molecule has 5 heteroatoms. The SMILES string of the molecule is Cc1nc2cc(-c3cc(CN)n(C)n3)ccc2o1. The molecule has 5 nitrogen and oxygen atoms in total. The smallest absolute Gasteiger partial charge is 0.192 e. The largest absolute Gasteiger partial charge is 0.441 e. The fraction of sp³-hybridized carbons (Fsp3) is 0.231. The Morgan fingerprint density at radius 3 is 2.89 bits per heavy atom. The van der Waals surface area contributed by atoms with Gasteiger partial charge in [-0.25, -0.2) is 4.98 Å². The molecule has 0 amide bonds. The zero-order valence-corrected chi connectivity index (χ0v) is 10.3. The van der Waals surface area contributed by atoms with E-state index in [4.69, 9.17) is 10.2 Å². The van der Waals surface area contributed by atoms with Crippen LogP contribution in [0.5, 0.6) is 0 Å². The van der Waals surface area contributed by atoms with E-state index < -0.39 is 0 Å². The van der Waals surface area contributed by atoms with Crippen LogP contribution < -0.4 is 5.73 Å². The van der Waals surface area contributed by atoms with Crippen molar-refractivity contribution in [2.45, 2.75) is 13.5 Å². The van der Waals surface area contributed by atoms with Crippen molar-refractivity contribution in [3.8, 4) is 11.3 Å². The van der Waals surface area contributed by atoms with Crippen LogP contribution in [-0.4, -0.2) is 14.8 Å². The summed E-state index contributed by atoms with van der Waals surface area (Å²) in [4.78, 5) is 4.32. The highest BCUT2D eigenvalue weighted by molar-refractivity contribution is 5.79. The highest BCUT2D eigenvalue weighted by atomic mass is 16.3. The predicted octanol–water partition coefficient (Wildman–Crippen LogP) is 2.00. The van der Waals surface area contributed by atoms with E-state index in [-0.39, 0.29) is 0 Å². The van der Waals surface area contributed by atoms with Crippen LogP contribution in [0, 0.1) is 6.92 Å². The van der Waals surface area contributed by atoms with Gasteiger partial charge in [0, 0.05) is 26.1 Å². The maximum Gasteiger partial charge on any atom is 0.192 e. The lowest BCUT2D eigenvalue weighted by molar-refractivity contribution is 0.561. The van der Waals surface area contributed by atoms with Crippen molar-refractivity contribution < 1.29 is 4.42 Å². The molecule has 0 fully saturated rings. The topological polar surface area (TPSA) is 69.9 Å². The van der Waals surface area contributed by atoms with Crippen molar-refractivity contribution in [2.75, 3.05) is 0 Å². The second-order valence-corrected chi connectivity index (χ2v) is 4.26. The molecule has 0 saturated carbocycles. The molecule has 2 aromatic heterocycles. The number of fused-ring (bicyclic) bond motifs is 1. The standard InChI is InChI=1S/C13H14N4O/c1-8-15-12-5-9(3-4-13(12)18-8)11-6-10(7-14)17(2)16-11/h3-6H,7,14H2,1-2H3. The minimum atomic E-state index is 0.481. The third kappa shape index (κ3) is 1.69. The van der Waals surface area contributed by atoms with Gasteiger partial charge in [0.15, 0.2) is 11.5 Å². The lowest BCUT2D eigenvalue weighted by Crippen LogP contribution is -2.03. The summed E-state index contributed by atoms with van der Waals surface area (Å²) < 4.78 is 7.25. The zero-order chi connectivity index (χ0) is 12.7. The number of aryl methyl sites for hydroxylation is 2. The minimum absolute atomic E-state index is 0.481. The van der Waals surface area contributed by atoms with Crippen LogP contribution >= 0.6 is 0 Å². The van der Waals surface area contributed by atoms with Gasteiger partial charge in [0.25, 0.3) is 0 Å². The third-order valence-corrected chi connectivity index (χ3v) is 2.98. The molecule has 0 bridgehead atoms. The summed E-state index contributed by atoms with van der Waals surface area (Å²) in [5, 5.41) is 4.44. The molecule has 2 heterocycles. The first-order chi connectivity index (χ1) is 8.67. The maximum absolute atomic E-state index is 5.65. The first kappa shape index (κ1) is 11.0. The molecule has 3 rings (SSSR count). The summed E-state index contributed by atoms with van der Waals surface area (Å²) in [6.07, 6.45) is 0. The lowest BCUT2D eigenvalue weighted by atomic mass is 10.1. The van der Waals surface area contributed by atoms with Crippen LogP contribution in [0.4, 0.5) is 0 Å². The summed E-state index contributed by atoms with van der Waals surface area (Å²) >= 11 is 0. The average molecular weight is 242 g/mol. The number of nitrogens with two attached hydrogens (primary N) is 1. The first-order valence-corrected chi connectivity index (χ1v) is 5.78. The molecular weight excluding hydrogens is 228 g/mol. The van der Waals surface area contributed by atoms with E-state index in [1.807, 2.05) is 38.2 Å². The van der Waals surface area contributed by atoms with Crippen LogP contribution in [0.15, 0.2) is 28.7 Å². The molecular formula is C13H14N4O. The summed E-state index contributed by atoms with van der Waals surface area (Å²) in [5.74, 6) is 0.672. The van der Waals surface area contributed by atoms with Gasteiger partial charge < -0.3 is 10.2 Å². The molecule has 2 N–H and O–H groups in total. The van der Waals surface area contributed by atoms with Crippen molar-refractivity contribution in [1.82, 2.24) is 14.8 Å². The van der Waals surface area contributed by atoms with E-state index >= 15 is 0 Å². The normalized spacial score (nSPS) is 11.3. The molecule has 0 aliphatic heterocycles. The fourth-order valence-electron chi connectivity index (χ4n) is 2.04. The fourth-order valence-corrected chi connectivity index (χ4v) is 2.04. The van der Waals surface area contributed by atoms with Gasteiger partial charge in [-0.1, -0.05) is 0 Å². The summed E-state index contributed by atoms with van der Waals surface area (Å²) in [5.41, 5.74) is 10.2. The van der Waals surface area contributed by atoms with Crippen LogP contribution in [-0.2, 0) is 13.6 Å². The van der Waals surface area contributed by atoms with E-state index in [2.05, 4.69) is 10.1 Å². The molecule has 0 aliphatic rings. The lowest BCUT2D eigenvalue weighted by Gasteiger charge is -1.95. The van der Waals surface area contributed by atoms with Crippen LogP contribution in [0.2, 0.25) is 0 Å². The predicted molar refractivity (Wildman–Crippen MR) is 68.8 cm³/mol. The second-order valence-electron chi connectivity index (χ2n) is 4.26. The molecule has 0 radical (unpaired) electrons. The Kier molecular flexibility index (Phi) is 2.41. The summed E-state index contributed by atoms with van der Waals surface area (Å²) in [7, 11) is 1.89. The molecule has 1 aromatic carbocycles. The Bertz CT molecular complexity index is 711. The Balaban J connectivity index is 2.12. The van der Waals surface area contributed by atoms with Gasteiger partial charge in [0.2, 0.25) is 0 Å². The van der Waals surface area contributed by atoms with Crippen molar-refractivity contribution in [3.05, 3.63) is 35.9 Å². The Morgan fingerprint density at radius 1 is 1.33 bits per heavy atom. The highest BCUT2D eigenvalue weighted by Crippen LogP contribution is 2.24. The van der Waals surface area contributed by atoms with Gasteiger partial charge in [-0.15, -0.1) is 0 Å². The van der Waals surface area contributed by atoms with Crippen molar-refractivity contribution in [2.24, 2.45) is 12.8 Å². The van der Waals surface area contributed by atoms with Gasteiger partial charge in [-0.2, -0.15) is 5.10 Å². The monoisotopic (exact) mass is 242 g/mol. The van der Waals surface area contributed by atoms with Gasteiger partial charge in [-0.05, 0) is 24.3 Å².